The van der Waals surface area contributed by atoms with E-state index >= 15 is 0 Å². The van der Waals surface area contributed by atoms with Crippen molar-refractivity contribution in [3.8, 4) is 16.9 Å². The van der Waals surface area contributed by atoms with Crippen LogP contribution in [-0.2, 0) is 0 Å². The van der Waals surface area contributed by atoms with Gasteiger partial charge in [-0.05, 0) is 36.2 Å². The third-order valence-corrected chi connectivity index (χ3v) is 2.57. The first-order chi connectivity index (χ1) is 8.24. The van der Waals surface area contributed by atoms with Crippen molar-refractivity contribution in [2.45, 2.75) is 6.92 Å². The lowest BCUT2D eigenvalue weighted by atomic mass is 10.0. The molecule has 1 heterocycles. The summed E-state index contributed by atoms with van der Waals surface area (Å²) in [7, 11) is 1.63. The summed E-state index contributed by atoms with van der Waals surface area (Å²) in [5.74, 6) is 0.794. The highest BCUT2D eigenvalue weighted by molar-refractivity contribution is 5.85. The van der Waals surface area contributed by atoms with Crippen LogP contribution in [0.15, 0.2) is 36.5 Å². The van der Waals surface area contributed by atoms with Gasteiger partial charge >= 0.3 is 0 Å². The summed E-state index contributed by atoms with van der Waals surface area (Å²) in [5.41, 5.74) is 3.30. The molecule has 0 atom stereocenters. The molecule has 2 rings (SSSR count). The average molecular weight is 227 g/mol. The number of ether oxygens (including phenoxy) is 1. The molecule has 1 aromatic carbocycles. The van der Waals surface area contributed by atoms with E-state index in [1.54, 1.807) is 13.3 Å². The summed E-state index contributed by atoms with van der Waals surface area (Å²) < 4.78 is 5.10. The molecule has 0 aliphatic rings. The summed E-state index contributed by atoms with van der Waals surface area (Å²) in [6, 6.07) is 9.53. The molecule has 3 heteroatoms. The number of methoxy groups -OCH3 is 1. The van der Waals surface area contributed by atoms with E-state index in [2.05, 4.69) is 4.98 Å². The molecule has 17 heavy (non-hydrogen) atoms. The number of nitrogens with zero attached hydrogens (tertiary/aromatic N) is 1. The lowest BCUT2D eigenvalue weighted by Gasteiger charge is -2.06. The van der Waals surface area contributed by atoms with E-state index in [-0.39, 0.29) is 0 Å². The Kier molecular flexibility index (Phi) is 3.19. The van der Waals surface area contributed by atoms with E-state index in [1.165, 1.54) is 0 Å². The quantitative estimate of drug-likeness (QED) is 0.757. The second-order valence-corrected chi connectivity index (χ2v) is 3.79. The molecule has 0 aliphatic heterocycles. The number of carbonyl (C=O) groups is 1. The first-order valence-corrected chi connectivity index (χ1v) is 5.31. The largest absolute Gasteiger partial charge is 0.497 e. The fourth-order valence-electron chi connectivity index (χ4n) is 1.68. The standard InChI is InChI=1S/C14H13NO2/c1-10-7-13(14(9-16)15-8-10)11-3-5-12(17-2)6-4-11/h3-9H,1-2H3. The van der Waals surface area contributed by atoms with Crippen LogP contribution in [0.3, 0.4) is 0 Å². The van der Waals surface area contributed by atoms with Crippen LogP contribution in [0.2, 0.25) is 0 Å². The molecule has 0 saturated carbocycles. The molecule has 0 saturated heterocycles. The number of rotatable bonds is 3. The van der Waals surface area contributed by atoms with E-state index in [4.69, 9.17) is 4.74 Å². The SMILES string of the molecule is COc1ccc(-c2cc(C)cnc2C=O)cc1. The van der Waals surface area contributed by atoms with Crippen LogP contribution in [-0.4, -0.2) is 18.4 Å². The Morgan fingerprint density at radius 3 is 2.53 bits per heavy atom. The van der Waals surface area contributed by atoms with Crippen LogP contribution in [0.1, 0.15) is 16.1 Å². The van der Waals surface area contributed by atoms with Crippen molar-refractivity contribution in [2.75, 3.05) is 7.11 Å². The van der Waals surface area contributed by atoms with E-state index in [1.807, 2.05) is 37.3 Å². The van der Waals surface area contributed by atoms with E-state index < -0.39 is 0 Å². The van der Waals surface area contributed by atoms with Gasteiger partial charge in [0.15, 0.2) is 6.29 Å². The Hall–Kier alpha value is -2.16. The first-order valence-electron chi connectivity index (χ1n) is 5.31. The van der Waals surface area contributed by atoms with Crippen molar-refractivity contribution >= 4 is 6.29 Å². The van der Waals surface area contributed by atoms with Gasteiger partial charge in [0.05, 0.1) is 7.11 Å². The lowest BCUT2D eigenvalue weighted by Crippen LogP contribution is -1.93. The van der Waals surface area contributed by atoms with Crippen LogP contribution in [0.5, 0.6) is 5.75 Å². The Labute approximate surface area is 100 Å². The van der Waals surface area contributed by atoms with E-state index in [0.29, 0.717) is 5.69 Å². The molecule has 1 aromatic heterocycles. The van der Waals surface area contributed by atoms with Gasteiger partial charge in [0.1, 0.15) is 11.4 Å². The van der Waals surface area contributed by atoms with Crippen molar-refractivity contribution < 1.29 is 9.53 Å². The van der Waals surface area contributed by atoms with Crippen LogP contribution in [0.25, 0.3) is 11.1 Å². The highest BCUT2D eigenvalue weighted by Crippen LogP contribution is 2.24. The zero-order valence-electron chi connectivity index (χ0n) is 9.81. The van der Waals surface area contributed by atoms with Crippen LogP contribution >= 0.6 is 0 Å². The highest BCUT2D eigenvalue weighted by atomic mass is 16.5. The van der Waals surface area contributed by atoms with Crippen LogP contribution in [0.4, 0.5) is 0 Å². The van der Waals surface area contributed by atoms with Crippen LogP contribution in [0, 0.1) is 6.92 Å². The van der Waals surface area contributed by atoms with Gasteiger partial charge in [0.25, 0.3) is 0 Å². The van der Waals surface area contributed by atoms with Gasteiger partial charge < -0.3 is 4.74 Å². The summed E-state index contributed by atoms with van der Waals surface area (Å²) in [6.07, 6.45) is 2.47. The lowest BCUT2D eigenvalue weighted by molar-refractivity contribution is 0.111. The molecule has 0 aliphatic carbocycles. The van der Waals surface area contributed by atoms with Gasteiger partial charge in [0.2, 0.25) is 0 Å². The molecular formula is C14H13NO2. The molecule has 0 bridgehead atoms. The molecule has 0 radical (unpaired) electrons. The van der Waals surface area contributed by atoms with Crippen molar-refractivity contribution in [1.82, 2.24) is 4.98 Å². The minimum absolute atomic E-state index is 0.459. The summed E-state index contributed by atoms with van der Waals surface area (Å²) in [4.78, 5) is 15.1. The monoisotopic (exact) mass is 227 g/mol. The molecule has 0 N–H and O–H groups in total. The maximum atomic E-state index is 10.9. The Bertz CT molecular complexity index is 532. The van der Waals surface area contributed by atoms with Crippen molar-refractivity contribution in [3.63, 3.8) is 0 Å². The predicted molar refractivity (Wildman–Crippen MR) is 66.3 cm³/mol. The van der Waals surface area contributed by atoms with E-state index in [9.17, 15) is 4.79 Å². The van der Waals surface area contributed by atoms with E-state index in [0.717, 1.165) is 28.7 Å². The topological polar surface area (TPSA) is 39.2 Å². The van der Waals surface area contributed by atoms with Crippen molar-refractivity contribution in [3.05, 3.63) is 47.8 Å². The number of hydrogen-bond donors (Lipinski definition) is 0. The number of aryl methyl sites for hydroxylation is 1. The van der Waals surface area contributed by atoms with Gasteiger partial charge in [-0.1, -0.05) is 12.1 Å². The number of aromatic nitrogens is 1. The summed E-state index contributed by atoms with van der Waals surface area (Å²) in [6.45, 7) is 1.95. The fourth-order valence-corrected chi connectivity index (χ4v) is 1.68. The fraction of sp³-hybridized carbons (Fsp3) is 0.143. The first kappa shape index (κ1) is 11.3. The number of carbonyl (C=O) groups excluding carboxylic acids is 1. The Balaban J connectivity index is 2.50. The molecule has 2 aromatic rings. The third kappa shape index (κ3) is 2.33. The van der Waals surface area contributed by atoms with Gasteiger partial charge in [-0.2, -0.15) is 0 Å². The van der Waals surface area contributed by atoms with Crippen molar-refractivity contribution in [2.24, 2.45) is 0 Å². The maximum absolute atomic E-state index is 10.9. The predicted octanol–water partition coefficient (Wildman–Crippen LogP) is 2.88. The Morgan fingerprint density at radius 1 is 1.24 bits per heavy atom. The third-order valence-electron chi connectivity index (χ3n) is 2.57. The van der Waals surface area contributed by atoms with Crippen molar-refractivity contribution in [1.29, 1.82) is 0 Å². The number of hydrogen-bond acceptors (Lipinski definition) is 3. The number of pyridine rings is 1. The maximum Gasteiger partial charge on any atom is 0.169 e. The molecule has 0 unspecified atom stereocenters. The highest BCUT2D eigenvalue weighted by Gasteiger charge is 2.06. The van der Waals surface area contributed by atoms with Gasteiger partial charge in [-0.3, -0.25) is 9.78 Å². The number of aldehydes is 1. The van der Waals surface area contributed by atoms with Crippen LogP contribution < -0.4 is 4.74 Å². The molecule has 3 nitrogen and oxygen atoms in total. The summed E-state index contributed by atoms with van der Waals surface area (Å²) in [5, 5.41) is 0. The Morgan fingerprint density at radius 2 is 1.94 bits per heavy atom. The van der Waals surface area contributed by atoms with Gasteiger partial charge in [0, 0.05) is 11.8 Å². The zero-order chi connectivity index (χ0) is 12.3. The smallest absolute Gasteiger partial charge is 0.169 e. The minimum Gasteiger partial charge on any atom is -0.497 e. The molecule has 0 spiro atoms. The molecule has 0 fully saturated rings. The number of benzene rings is 1. The molecule has 0 amide bonds. The second-order valence-electron chi connectivity index (χ2n) is 3.79. The van der Waals surface area contributed by atoms with Gasteiger partial charge in [-0.25, -0.2) is 0 Å². The summed E-state index contributed by atoms with van der Waals surface area (Å²) >= 11 is 0. The average Bonchev–Trinajstić information content (AvgIpc) is 2.39. The molecule has 86 valence electrons. The molecular weight excluding hydrogens is 214 g/mol. The normalized spacial score (nSPS) is 10.0. The second kappa shape index (κ2) is 4.78. The zero-order valence-corrected chi connectivity index (χ0v) is 9.81. The van der Waals surface area contributed by atoms with Gasteiger partial charge in [-0.15, -0.1) is 0 Å². The minimum atomic E-state index is 0.459.